The number of nitrogens with one attached hydrogen (secondary N) is 1. The zero-order valence-corrected chi connectivity index (χ0v) is 16.1. The molecular weight excluding hydrogens is 379 g/mol. The second-order valence-electron chi connectivity index (χ2n) is 6.49. The van der Waals surface area contributed by atoms with Crippen LogP contribution in [0.4, 0.5) is 4.39 Å². The van der Waals surface area contributed by atoms with Gasteiger partial charge in [-0.15, -0.1) is 11.3 Å². The average molecular weight is 396 g/mol. The first-order chi connectivity index (χ1) is 13.5. The lowest BCUT2D eigenvalue weighted by atomic mass is 10.0. The van der Waals surface area contributed by atoms with Crippen LogP contribution in [0.3, 0.4) is 0 Å². The normalized spacial score (nSPS) is 11.1. The molecule has 0 spiro atoms. The van der Waals surface area contributed by atoms with E-state index in [1.54, 1.807) is 19.2 Å². The molecule has 0 bridgehead atoms. The van der Waals surface area contributed by atoms with Gasteiger partial charge in [0.1, 0.15) is 16.4 Å². The Kier molecular flexibility index (Phi) is 4.60. The minimum atomic E-state index is -0.513. The summed E-state index contributed by atoms with van der Waals surface area (Å²) in [5.74, 6) is 0.355. The molecule has 4 aromatic rings. The third kappa shape index (κ3) is 3.14. The lowest BCUT2D eigenvalue weighted by Crippen LogP contribution is -2.35. The zero-order chi connectivity index (χ0) is 19.8. The van der Waals surface area contributed by atoms with Crippen LogP contribution < -0.4 is 16.0 Å². The summed E-state index contributed by atoms with van der Waals surface area (Å²) in [5.41, 5.74) is 2.20. The molecule has 0 atom stereocenters. The van der Waals surface area contributed by atoms with Crippen LogP contribution in [0.25, 0.3) is 21.3 Å². The van der Waals surface area contributed by atoms with Crippen LogP contribution in [0.1, 0.15) is 11.1 Å². The van der Waals surface area contributed by atoms with Gasteiger partial charge in [-0.25, -0.2) is 9.18 Å². The molecule has 0 saturated carbocycles. The highest BCUT2D eigenvalue weighted by Gasteiger charge is 2.16. The number of halogens is 1. The Morgan fingerprint density at radius 2 is 2.00 bits per heavy atom. The maximum atomic E-state index is 13.5. The van der Waals surface area contributed by atoms with Crippen LogP contribution in [-0.2, 0) is 6.54 Å². The van der Waals surface area contributed by atoms with Crippen molar-refractivity contribution in [1.82, 2.24) is 9.55 Å². The second-order valence-corrected chi connectivity index (χ2v) is 7.37. The van der Waals surface area contributed by atoms with Crippen LogP contribution in [-0.4, -0.2) is 16.7 Å². The third-order valence-electron chi connectivity index (χ3n) is 4.65. The van der Waals surface area contributed by atoms with Crippen LogP contribution in [0.5, 0.6) is 5.75 Å². The van der Waals surface area contributed by atoms with Gasteiger partial charge in [-0.3, -0.25) is 14.3 Å². The summed E-state index contributed by atoms with van der Waals surface area (Å²) in [6, 6.07) is 11.6. The van der Waals surface area contributed by atoms with Crippen molar-refractivity contribution < 1.29 is 9.13 Å². The van der Waals surface area contributed by atoms with Gasteiger partial charge in [0.25, 0.3) is 5.56 Å². The fraction of sp³-hybridized carbons (Fsp3) is 0.143. The van der Waals surface area contributed by atoms with E-state index in [1.807, 2.05) is 30.5 Å². The Morgan fingerprint density at radius 3 is 2.71 bits per heavy atom. The molecule has 28 heavy (non-hydrogen) atoms. The van der Waals surface area contributed by atoms with Crippen molar-refractivity contribution in [3.8, 4) is 16.9 Å². The fourth-order valence-electron chi connectivity index (χ4n) is 3.27. The molecule has 0 unspecified atom stereocenters. The molecule has 7 heteroatoms. The molecule has 1 N–H and O–H groups in total. The molecule has 2 aromatic carbocycles. The first kappa shape index (κ1) is 18.2. The smallest absolute Gasteiger partial charge is 0.329 e. The van der Waals surface area contributed by atoms with Crippen molar-refractivity contribution in [1.29, 1.82) is 0 Å². The van der Waals surface area contributed by atoms with Gasteiger partial charge in [-0.1, -0.05) is 18.2 Å². The van der Waals surface area contributed by atoms with E-state index < -0.39 is 17.1 Å². The molecule has 0 fully saturated rings. The number of nitrogens with zero attached hydrogens (tertiary/aromatic N) is 1. The number of H-pyrrole nitrogens is 1. The number of methoxy groups -OCH3 is 1. The first-order valence-corrected chi connectivity index (χ1v) is 9.49. The van der Waals surface area contributed by atoms with E-state index in [0.29, 0.717) is 15.8 Å². The van der Waals surface area contributed by atoms with Gasteiger partial charge >= 0.3 is 5.69 Å². The van der Waals surface area contributed by atoms with E-state index >= 15 is 0 Å². The van der Waals surface area contributed by atoms with Crippen LogP contribution >= 0.6 is 11.3 Å². The summed E-state index contributed by atoms with van der Waals surface area (Å²) in [7, 11) is 1.61. The van der Waals surface area contributed by atoms with Crippen LogP contribution in [0.15, 0.2) is 57.4 Å². The largest absolute Gasteiger partial charge is 0.496 e. The SMILES string of the molecule is COc1ccc(-c2csc3[nH]c(=O)n(Cc4cccc(F)c4)c(=O)c23)cc1C. The average Bonchev–Trinajstić information content (AvgIpc) is 3.09. The standard InChI is InChI=1S/C21H17FN2O3S/c1-12-8-14(6-7-17(12)27-2)16-11-28-19-18(16)20(25)24(21(26)23-19)10-13-4-3-5-15(22)9-13/h3-9,11H,10H2,1-2H3,(H,23,26). The van der Waals surface area contributed by atoms with E-state index in [4.69, 9.17) is 4.74 Å². The van der Waals surface area contributed by atoms with E-state index in [9.17, 15) is 14.0 Å². The summed E-state index contributed by atoms with van der Waals surface area (Å²) in [4.78, 5) is 28.9. The third-order valence-corrected chi connectivity index (χ3v) is 5.55. The Morgan fingerprint density at radius 1 is 1.18 bits per heavy atom. The number of hydrogen-bond acceptors (Lipinski definition) is 4. The molecule has 2 heterocycles. The van der Waals surface area contributed by atoms with Crippen molar-refractivity contribution in [2.45, 2.75) is 13.5 Å². The number of thiophene rings is 1. The summed E-state index contributed by atoms with van der Waals surface area (Å²) >= 11 is 1.31. The van der Waals surface area contributed by atoms with E-state index in [1.165, 1.54) is 23.5 Å². The number of aromatic amines is 1. The van der Waals surface area contributed by atoms with Crippen molar-refractivity contribution in [2.24, 2.45) is 0 Å². The number of aryl methyl sites for hydroxylation is 1. The highest BCUT2D eigenvalue weighted by atomic mass is 32.1. The van der Waals surface area contributed by atoms with Gasteiger partial charge in [0.2, 0.25) is 0 Å². The van der Waals surface area contributed by atoms with Crippen LogP contribution in [0.2, 0.25) is 0 Å². The van der Waals surface area contributed by atoms with Crippen molar-refractivity contribution in [3.05, 3.63) is 85.6 Å². The molecular formula is C21H17FN2O3S. The monoisotopic (exact) mass is 396 g/mol. The number of benzene rings is 2. The topological polar surface area (TPSA) is 64.1 Å². The molecule has 0 amide bonds. The predicted molar refractivity (Wildman–Crippen MR) is 109 cm³/mol. The number of rotatable bonds is 4. The number of fused-ring (bicyclic) bond motifs is 1. The van der Waals surface area contributed by atoms with Crippen molar-refractivity contribution in [3.63, 3.8) is 0 Å². The maximum Gasteiger partial charge on any atom is 0.329 e. The predicted octanol–water partition coefficient (Wildman–Crippen LogP) is 3.92. The summed E-state index contributed by atoms with van der Waals surface area (Å²) in [6.45, 7) is 1.93. The lowest BCUT2D eigenvalue weighted by molar-refractivity contribution is 0.412. The number of aromatic nitrogens is 2. The van der Waals surface area contributed by atoms with Gasteiger partial charge in [-0.2, -0.15) is 0 Å². The van der Waals surface area contributed by atoms with Crippen LogP contribution in [0, 0.1) is 12.7 Å². The van der Waals surface area contributed by atoms with E-state index in [2.05, 4.69) is 4.98 Å². The van der Waals surface area contributed by atoms with E-state index in [0.717, 1.165) is 27.0 Å². The lowest BCUT2D eigenvalue weighted by Gasteiger charge is -2.08. The quantitative estimate of drug-likeness (QED) is 0.569. The Bertz CT molecular complexity index is 1300. The Labute approximate surface area is 163 Å². The van der Waals surface area contributed by atoms with E-state index in [-0.39, 0.29) is 6.54 Å². The van der Waals surface area contributed by atoms with Gasteiger partial charge in [-0.05, 0) is 47.9 Å². The van der Waals surface area contributed by atoms with Crippen molar-refractivity contribution in [2.75, 3.05) is 7.11 Å². The molecule has 2 aromatic heterocycles. The Hall–Kier alpha value is -3.19. The first-order valence-electron chi connectivity index (χ1n) is 8.61. The highest BCUT2D eigenvalue weighted by molar-refractivity contribution is 7.17. The zero-order valence-electron chi connectivity index (χ0n) is 15.3. The molecule has 142 valence electrons. The molecule has 0 aliphatic heterocycles. The highest BCUT2D eigenvalue weighted by Crippen LogP contribution is 2.32. The maximum absolute atomic E-state index is 13.5. The van der Waals surface area contributed by atoms with Crippen molar-refractivity contribution >= 4 is 21.6 Å². The minimum absolute atomic E-state index is 0.00120. The Balaban J connectivity index is 1.88. The van der Waals surface area contributed by atoms with Gasteiger partial charge < -0.3 is 4.74 Å². The number of hydrogen-bond donors (Lipinski definition) is 1. The molecule has 0 radical (unpaired) electrons. The molecule has 0 saturated heterocycles. The second kappa shape index (κ2) is 7.09. The van der Waals surface area contributed by atoms with Gasteiger partial charge in [0.15, 0.2) is 0 Å². The molecule has 0 aliphatic rings. The molecule has 5 nitrogen and oxygen atoms in total. The summed E-state index contributed by atoms with van der Waals surface area (Å²) in [6.07, 6.45) is 0. The molecule has 4 rings (SSSR count). The fourth-order valence-corrected chi connectivity index (χ4v) is 4.22. The molecule has 0 aliphatic carbocycles. The number of ether oxygens (including phenoxy) is 1. The van der Waals surface area contributed by atoms with Gasteiger partial charge in [0, 0.05) is 10.9 Å². The summed E-state index contributed by atoms with van der Waals surface area (Å²) < 4.78 is 19.9. The van der Waals surface area contributed by atoms with Gasteiger partial charge in [0.05, 0.1) is 19.0 Å². The minimum Gasteiger partial charge on any atom is -0.496 e. The summed E-state index contributed by atoms with van der Waals surface area (Å²) in [5, 5.41) is 2.31.